The van der Waals surface area contributed by atoms with Gasteiger partial charge in [0.05, 0.1) is 10.9 Å². The highest BCUT2D eigenvalue weighted by molar-refractivity contribution is 7.80. The second kappa shape index (κ2) is 6.30. The Bertz CT molecular complexity index is 393. The average molecular weight is 252 g/mol. The molecule has 0 heterocycles. The molecule has 0 amide bonds. The van der Waals surface area contributed by atoms with Crippen molar-refractivity contribution in [2.45, 2.75) is 12.3 Å². The normalized spacial score (nSPS) is 11.9. The van der Waals surface area contributed by atoms with E-state index in [1.165, 1.54) is 0 Å². The van der Waals surface area contributed by atoms with Gasteiger partial charge in [-0.25, -0.2) is 0 Å². The van der Waals surface area contributed by atoms with Crippen LogP contribution in [0.4, 0.5) is 0 Å². The summed E-state index contributed by atoms with van der Waals surface area (Å²) in [5.74, 6) is -0.152. The molecule has 0 bridgehead atoms. The lowest BCUT2D eigenvalue weighted by atomic mass is 9.95. The predicted octanol–water partition coefficient (Wildman–Crippen LogP) is 2.33. The quantitative estimate of drug-likeness (QED) is 0.458. The maximum Gasteiger partial charge on any atom is 0.211 e. The molecule has 1 rings (SSSR count). The van der Waals surface area contributed by atoms with Crippen LogP contribution in [0.1, 0.15) is 17.9 Å². The molecule has 1 atom stereocenters. The molecular weight excluding hydrogens is 236 g/mol. The van der Waals surface area contributed by atoms with E-state index in [1.54, 1.807) is 0 Å². The minimum absolute atomic E-state index is 0.0853. The molecule has 1 aromatic carbocycles. The molecule has 0 saturated carbocycles. The summed E-state index contributed by atoms with van der Waals surface area (Å²) in [6.45, 7) is -0.0853. The molecule has 0 aliphatic carbocycles. The van der Waals surface area contributed by atoms with Crippen molar-refractivity contribution in [3.63, 3.8) is 0 Å². The lowest BCUT2D eigenvalue weighted by Gasteiger charge is -2.18. The van der Waals surface area contributed by atoms with Crippen LogP contribution in [0.3, 0.4) is 0 Å². The largest absolute Gasteiger partial charge is 0.372 e. The van der Waals surface area contributed by atoms with Crippen molar-refractivity contribution in [3.8, 4) is 0 Å². The predicted molar refractivity (Wildman–Crippen MR) is 71.9 cm³/mol. The Kier molecular flexibility index (Phi) is 5.03. The molecule has 0 N–H and O–H groups in total. The van der Waals surface area contributed by atoms with E-state index in [0.717, 1.165) is 10.6 Å². The summed E-state index contributed by atoms with van der Waals surface area (Å²) >= 11 is 5.21. The summed E-state index contributed by atoms with van der Waals surface area (Å²) in [7, 11) is 3.72. The van der Waals surface area contributed by atoms with E-state index in [1.807, 2.05) is 49.3 Å². The first-order valence-corrected chi connectivity index (χ1v) is 5.78. The Balaban J connectivity index is 2.81. The van der Waals surface area contributed by atoms with Crippen molar-refractivity contribution in [2.24, 2.45) is 0 Å². The van der Waals surface area contributed by atoms with Gasteiger partial charge >= 0.3 is 0 Å². The third-order valence-electron chi connectivity index (χ3n) is 2.56. The maximum absolute atomic E-state index is 10.7. The molecule has 0 unspecified atom stereocenters. The van der Waals surface area contributed by atoms with Crippen molar-refractivity contribution in [1.82, 2.24) is 4.90 Å². The number of rotatable bonds is 5. The first-order chi connectivity index (χ1) is 8.00. The molecular formula is C12H16N2O2S. The molecule has 4 nitrogen and oxygen atoms in total. The highest BCUT2D eigenvalue weighted by Crippen LogP contribution is 2.21. The molecule has 0 aliphatic rings. The van der Waals surface area contributed by atoms with E-state index in [0.29, 0.717) is 6.42 Å². The first-order valence-electron chi connectivity index (χ1n) is 5.37. The summed E-state index contributed by atoms with van der Waals surface area (Å²) in [6, 6.07) is 9.50. The van der Waals surface area contributed by atoms with Crippen molar-refractivity contribution < 1.29 is 4.92 Å². The zero-order valence-corrected chi connectivity index (χ0v) is 10.8. The van der Waals surface area contributed by atoms with Gasteiger partial charge in [-0.3, -0.25) is 10.1 Å². The van der Waals surface area contributed by atoms with Crippen LogP contribution in [0.25, 0.3) is 0 Å². The van der Waals surface area contributed by atoms with Gasteiger partial charge in [-0.2, -0.15) is 0 Å². The smallest absolute Gasteiger partial charge is 0.211 e. The molecule has 0 aliphatic heterocycles. The molecule has 0 spiro atoms. The van der Waals surface area contributed by atoms with Crippen molar-refractivity contribution in [3.05, 3.63) is 46.0 Å². The molecule has 0 saturated heterocycles. The Morgan fingerprint density at radius 3 is 2.47 bits per heavy atom. The maximum atomic E-state index is 10.7. The third-order valence-corrected chi connectivity index (χ3v) is 3.09. The molecule has 92 valence electrons. The minimum Gasteiger partial charge on any atom is -0.372 e. The monoisotopic (exact) mass is 252 g/mol. The molecule has 1 aromatic rings. The van der Waals surface area contributed by atoms with Gasteiger partial charge in [0.1, 0.15) is 0 Å². The fourth-order valence-corrected chi connectivity index (χ4v) is 1.79. The summed E-state index contributed by atoms with van der Waals surface area (Å²) in [4.78, 5) is 13.0. The Morgan fingerprint density at radius 2 is 2.00 bits per heavy atom. The number of nitrogens with zero attached hydrogens (tertiary/aromatic N) is 2. The summed E-state index contributed by atoms with van der Waals surface area (Å²) in [5, 5.41) is 10.7. The highest BCUT2D eigenvalue weighted by Gasteiger charge is 2.20. The first kappa shape index (κ1) is 13.6. The Morgan fingerprint density at radius 1 is 1.41 bits per heavy atom. The minimum atomic E-state index is -0.282. The number of thiocarbonyl (C=S) groups is 1. The van der Waals surface area contributed by atoms with Crippen LogP contribution in [-0.4, -0.2) is 35.5 Å². The second-order valence-corrected chi connectivity index (χ2v) is 4.59. The van der Waals surface area contributed by atoms with Crippen molar-refractivity contribution in [1.29, 1.82) is 0 Å². The van der Waals surface area contributed by atoms with Crippen LogP contribution in [0.2, 0.25) is 0 Å². The van der Waals surface area contributed by atoms with Crippen LogP contribution in [-0.2, 0) is 0 Å². The summed E-state index contributed by atoms with van der Waals surface area (Å²) in [6.07, 6.45) is 0.535. The summed E-state index contributed by atoms with van der Waals surface area (Å²) in [5.41, 5.74) is 0.966. The lowest BCUT2D eigenvalue weighted by molar-refractivity contribution is -0.483. The number of hydrogen-bond acceptors (Lipinski definition) is 3. The Hall–Kier alpha value is -1.49. The number of nitro groups is 1. The highest BCUT2D eigenvalue weighted by atomic mass is 32.1. The van der Waals surface area contributed by atoms with E-state index in [2.05, 4.69) is 0 Å². The van der Waals surface area contributed by atoms with E-state index < -0.39 is 0 Å². The van der Waals surface area contributed by atoms with Gasteiger partial charge in [-0.1, -0.05) is 42.5 Å². The van der Waals surface area contributed by atoms with Gasteiger partial charge in [-0.05, 0) is 5.56 Å². The molecule has 0 radical (unpaired) electrons. The van der Waals surface area contributed by atoms with Crippen LogP contribution >= 0.6 is 12.2 Å². The van der Waals surface area contributed by atoms with Gasteiger partial charge < -0.3 is 4.90 Å². The lowest BCUT2D eigenvalue weighted by Crippen LogP contribution is -2.24. The van der Waals surface area contributed by atoms with Gasteiger partial charge in [0, 0.05) is 25.4 Å². The molecule has 5 heteroatoms. The second-order valence-electron chi connectivity index (χ2n) is 4.12. The van der Waals surface area contributed by atoms with Crippen molar-refractivity contribution >= 4 is 17.2 Å². The Labute approximate surface area is 106 Å². The van der Waals surface area contributed by atoms with Gasteiger partial charge in [0.25, 0.3) is 0 Å². The van der Waals surface area contributed by atoms with Crippen LogP contribution in [0, 0.1) is 10.1 Å². The van der Waals surface area contributed by atoms with Gasteiger partial charge in [-0.15, -0.1) is 0 Å². The van der Waals surface area contributed by atoms with E-state index in [9.17, 15) is 10.1 Å². The average Bonchev–Trinajstić information content (AvgIpc) is 2.28. The van der Waals surface area contributed by atoms with Crippen LogP contribution < -0.4 is 0 Å². The van der Waals surface area contributed by atoms with Gasteiger partial charge in [0.15, 0.2) is 0 Å². The number of benzene rings is 1. The SMILES string of the molecule is CN(C)C(=S)C[C@@H](C[N+](=O)[O-])c1ccccc1. The standard InChI is InChI=1S/C12H16N2O2S/c1-13(2)12(17)8-11(9-14(15)16)10-6-4-3-5-7-10/h3-7,11H,8-9H2,1-2H3/t11-/m0/s1. The fraction of sp³-hybridized carbons (Fsp3) is 0.417. The molecule has 0 fully saturated rings. The van der Waals surface area contributed by atoms with E-state index >= 15 is 0 Å². The van der Waals surface area contributed by atoms with Crippen LogP contribution in [0.15, 0.2) is 30.3 Å². The topological polar surface area (TPSA) is 46.4 Å². The fourth-order valence-electron chi connectivity index (χ4n) is 1.59. The molecule has 17 heavy (non-hydrogen) atoms. The zero-order chi connectivity index (χ0) is 12.8. The van der Waals surface area contributed by atoms with Gasteiger partial charge in [0.2, 0.25) is 6.54 Å². The number of hydrogen-bond donors (Lipinski definition) is 0. The molecule has 0 aromatic heterocycles. The summed E-state index contributed by atoms with van der Waals surface area (Å²) < 4.78 is 0. The van der Waals surface area contributed by atoms with Crippen molar-refractivity contribution in [2.75, 3.05) is 20.6 Å². The van der Waals surface area contributed by atoms with Crippen LogP contribution in [0.5, 0.6) is 0 Å². The van der Waals surface area contributed by atoms with E-state index in [4.69, 9.17) is 12.2 Å². The third kappa shape index (κ3) is 4.48. The zero-order valence-electron chi connectivity index (χ0n) is 10.00. The van der Waals surface area contributed by atoms with E-state index in [-0.39, 0.29) is 17.4 Å².